The quantitative estimate of drug-likeness (QED) is 0.197. The third kappa shape index (κ3) is 7.56. The zero-order chi connectivity index (χ0) is 41.7. The van der Waals surface area contributed by atoms with Crippen molar-refractivity contribution >= 4 is 78.9 Å². The molecule has 8 heterocycles. The standard InChI is InChI=1S/C22H24N6O.C21H21N5O2.2CH4/c1-23-22(29)16-14-15-8-9-19(27-11-5-10-26(2)12-13-27)25-20(15)28-18-7-4-3-6-17(18)24-21(16)28;1-24-9-4-10-25(12-11-24)18-8-7-14-13-15(21(27)28)20-22-16-5-2-3-6-17(16)26(20)19(14)23-18;;/h3-4,6-9,14H,5,10-13H2,1-2H3,(H,23,29);2-3,5-8,13H,4,9-12H2,1H3,(H,27,28);2*1H4/i1D3;;;. The number of aromatic nitrogens is 6. The molecule has 2 aromatic carbocycles. The van der Waals surface area contributed by atoms with Gasteiger partial charge in [0.2, 0.25) is 0 Å². The van der Waals surface area contributed by atoms with Gasteiger partial charge in [-0.1, -0.05) is 39.1 Å². The van der Waals surface area contributed by atoms with Crippen molar-refractivity contribution < 1.29 is 18.8 Å². The number of nitrogens with zero attached hydrogens (tertiary/aromatic N) is 10. The normalized spacial score (nSPS) is 16.4. The third-order valence-electron chi connectivity index (χ3n) is 11.1. The molecule has 0 unspecified atom stereocenters. The van der Waals surface area contributed by atoms with Crippen LogP contribution in [0.15, 0.2) is 84.9 Å². The summed E-state index contributed by atoms with van der Waals surface area (Å²) in [7, 11) is 4.27. The highest BCUT2D eigenvalue weighted by atomic mass is 16.4. The number of para-hydroxylation sites is 4. The first-order valence-electron chi connectivity index (χ1n) is 20.8. The number of rotatable bonds is 4. The SMILES string of the molecule is C.C.CN1CCCN(c2ccc3cc(C(=O)O)c4nc5ccccc5n4c3n2)CC1.[2H]C([2H])([2H])NC(=O)c1cc2ccc(N3CCCN(C)CC3)nc2n2c1nc1ccccc12. The number of likely N-dealkylation sites (N-methyl/N-ethyl adjacent to an activating group) is 2. The highest BCUT2D eigenvalue weighted by Gasteiger charge is 2.22. The van der Waals surface area contributed by atoms with Gasteiger partial charge < -0.3 is 30.0 Å². The van der Waals surface area contributed by atoms with Crippen LogP contribution in [0.5, 0.6) is 0 Å². The van der Waals surface area contributed by atoms with E-state index in [0.29, 0.717) is 22.5 Å². The Morgan fingerprint density at radius 2 is 1.07 bits per heavy atom. The third-order valence-corrected chi connectivity index (χ3v) is 11.1. The summed E-state index contributed by atoms with van der Waals surface area (Å²) in [5.74, 6) is 0.130. The molecule has 306 valence electrons. The molecule has 2 aliphatic rings. The molecule has 0 bridgehead atoms. The van der Waals surface area contributed by atoms with Gasteiger partial charge in [-0.25, -0.2) is 24.7 Å². The van der Waals surface area contributed by atoms with Crippen molar-refractivity contribution in [3.05, 3.63) is 96.1 Å². The molecule has 0 spiro atoms. The number of carbonyl (C=O) groups excluding carboxylic acids is 1. The van der Waals surface area contributed by atoms with E-state index in [-0.39, 0.29) is 26.0 Å². The molecule has 2 saturated heterocycles. The van der Waals surface area contributed by atoms with Crippen LogP contribution in [0.3, 0.4) is 0 Å². The minimum absolute atomic E-state index is 0. The number of nitrogens with one attached hydrogen (secondary N) is 1. The van der Waals surface area contributed by atoms with Gasteiger partial charge in [0.25, 0.3) is 5.91 Å². The van der Waals surface area contributed by atoms with Gasteiger partial charge in [-0.05, 0) is 101 Å². The lowest BCUT2D eigenvalue weighted by atomic mass is 10.2. The van der Waals surface area contributed by atoms with Crippen molar-refractivity contribution in [3.8, 4) is 0 Å². The second kappa shape index (κ2) is 16.8. The highest BCUT2D eigenvalue weighted by Crippen LogP contribution is 2.29. The summed E-state index contributed by atoms with van der Waals surface area (Å²) in [4.78, 5) is 53.0. The van der Waals surface area contributed by atoms with Gasteiger partial charge in [0, 0.05) is 61.1 Å². The number of imidazole rings is 2. The molecule has 2 N–H and O–H groups in total. The van der Waals surface area contributed by atoms with E-state index >= 15 is 0 Å². The van der Waals surface area contributed by atoms with Crippen LogP contribution in [0, 0.1) is 0 Å². The van der Waals surface area contributed by atoms with Crippen LogP contribution in [0.2, 0.25) is 0 Å². The minimum atomic E-state index is -2.59. The summed E-state index contributed by atoms with van der Waals surface area (Å²) in [5.41, 5.74) is 5.81. The van der Waals surface area contributed by atoms with Crippen molar-refractivity contribution in [2.45, 2.75) is 27.7 Å². The van der Waals surface area contributed by atoms with Crippen molar-refractivity contribution in [1.82, 2.24) is 43.9 Å². The highest BCUT2D eigenvalue weighted by molar-refractivity contribution is 6.06. The molecule has 59 heavy (non-hydrogen) atoms. The Morgan fingerprint density at radius 3 is 1.56 bits per heavy atom. The number of pyridine rings is 4. The maximum atomic E-state index is 12.8. The first-order chi connectivity index (χ1) is 28.9. The minimum Gasteiger partial charge on any atom is -0.478 e. The molecule has 0 saturated carbocycles. The Morgan fingerprint density at radius 1 is 0.593 bits per heavy atom. The summed E-state index contributed by atoms with van der Waals surface area (Å²) >= 11 is 0. The lowest BCUT2D eigenvalue weighted by molar-refractivity contribution is 0.0698. The lowest BCUT2D eigenvalue weighted by Gasteiger charge is -2.22. The number of hydrogen-bond acceptors (Lipinski definition) is 10. The van der Waals surface area contributed by atoms with E-state index in [1.165, 1.54) is 0 Å². The Kier molecular flexibility index (Phi) is 10.5. The maximum Gasteiger partial charge on any atom is 0.339 e. The van der Waals surface area contributed by atoms with Crippen LogP contribution in [0.1, 0.15) is 52.5 Å². The molecule has 6 aromatic heterocycles. The maximum absolute atomic E-state index is 12.8. The van der Waals surface area contributed by atoms with Gasteiger partial charge in [0.15, 0.2) is 11.3 Å². The average molecular weight is 799 g/mol. The number of benzene rings is 2. The van der Waals surface area contributed by atoms with E-state index in [9.17, 15) is 14.7 Å². The van der Waals surface area contributed by atoms with E-state index in [4.69, 9.17) is 14.1 Å². The molecule has 0 radical (unpaired) electrons. The smallest absolute Gasteiger partial charge is 0.339 e. The molecule has 1 amide bonds. The van der Waals surface area contributed by atoms with Crippen LogP contribution in [-0.4, -0.2) is 129 Å². The Labute approximate surface area is 347 Å². The van der Waals surface area contributed by atoms with Gasteiger partial charge in [0.05, 0.1) is 27.6 Å². The molecule has 2 aliphatic heterocycles. The van der Waals surface area contributed by atoms with Crippen molar-refractivity contribution in [2.75, 3.05) is 83.2 Å². The average Bonchev–Trinajstić information content (AvgIpc) is 3.64. The van der Waals surface area contributed by atoms with Gasteiger partial charge in [-0.2, -0.15) is 0 Å². The molecular formula is C45H53N11O3. The summed E-state index contributed by atoms with van der Waals surface area (Å²) in [6.45, 7) is 5.23. The fourth-order valence-electron chi connectivity index (χ4n) is 8.06. The number of carboxylic acids is 1. The van der Waals surface area contributed by atoms with Gasteiger partial charge in [0.1, 0.15) is 28.5 Å². The summed E-state index contributed by atoms with van der Waals surface area (Å²) in [6.07, 6.45) is 2.16. The topological polar surface area (TPSA) is 140 Å². The molecule has 8 aromatic rings. The zero-order valence-electron chi connectivity index (χ0n) is 34.9. The van der Waals surface area contributed by atoms with E-state index in [0.717, 1.165) is 110 Å². The van der Waals surface area contributed by atoms with Gasteiger partial charge in [-0.3, -0.25) is 13.6 Å². The number of aromatic carboxylic acids is 1. The lowest BCUT2D eigenvalue weighted by Crippen LogP contribution is -2.29. The van der Waals surface area contributed by atoms with Crippen molar-refractivity contribution in [1.29, 1.82) is 0 Å². The van der Waals surface area contributed by atoms with Gasteiger partial charge >= 0.3 is 5.97 Å². The van der Waals surface area contributed by atoms with Crippen molar-refractivity contribution in [2.24, 2.45) is 0 Å². The molecule has 14 heteroatoms. The number of amides is 1. The zero-order valence-corrected chi connectivity index (χ0v) is 31.9. The van der Waals surface area contributed by atoms with E-state index in [1.54, 1.807) is 12.1 Å². The van der Waals surface area contributed by atoms with Crippen LogP contribution < -0.4 is 15.1 Å². The predicted octanol–water partition coefficient (Wildman–Crippen LogP) is 6.69. The predicted molar refractivity (Wildman–Crippen MR) is 238 cm³/mol. The second-order valence-corrected chi connectivity index (χ2v) is 14.8. The number of carbonyl (C=O) groups is 2. The van der Waals surface area contributed by atoms with Crippen LogP contribution in [0.4, 0.5) is 11.6 Å². The summed E-state index contributed by atoms with van der Waals surface area (Å²) in [5, 5.41) is 13.3. The molecule has 2 fully saturated rings. The Bertz CT molecular complexity index is 2950. The van der Waals surface area contributed by atoms with E-state index < -0.39 is 18.9 Å². The number of anilines is 2. The summed E-state index contributed by atoms with van der Waals surface area (Å²) < 4.78 is 26.0. The first-order valence-corrected chi connectivity index (χ1v) is 19.3. The Hall–Kier alpha value is -6.38. The number of carboxylic acid groups (broad SMARTS) is 1. The van der Waals surface area contributed by atoms with Crippen LogP contribution in [0.25, 0.3) is 55.4 Å². The van der Waals surface area contributed by atoms with Crippen LogP contribution >= 0.6 is 0 Å². The molecule has 0 aliphatic carbocycles. The molecular weight excluding hydrogens is 743 g/mol. The van der Waals surface area contributed by atoms with Gasteiger partial charge in [-0.15, -0.1) is 0 Å². The van der Waals surface area contributed by atoms with Crippen molar-refractivity contribution in [3.63, 3.8) is 0 Å². The van der Waals surface area contributed by atoms with Crippen LogP contribution in [-0.2, 0) is 0 Å². The molecule has 10 rings (SSSR count). The largest absolute Gasteiger partial charge is 0.478 e. The van der Waals surface area contributed by atoms with E-state index in [1.807, 2.05) is 81.6 Å². The Balaban J connectivity index is 0.000000182. The molecule has 0 atom stereocenters. The fraction of sp³-hybridized carbons (Fsp3) is 0.333. The second-order valence-electron chi connectivity index (χ2n) is 14.8. The summed E-state index contributed by atoms with van der Waals surface area (Å²) in [6, 6.07) is 26.5. The fourth-order valence-corrected chi connectivity index (χ4v) is 8.06. The number of hydrogen-bond donors (Lipinski definition) is 2. The number of fused-ring (bicyclic) bond motifs is 10. The first kappa shape index (κ1) is 36.9. The monoisotopic (exact) mass is 798 g/mol. The van der Waals surface area contributed by atoms with E-state index in [2.05, 4.69) is 49.0 Å². The molecule has 14 nitrogen and oxygen atoms in total.